The molecule has 1 aliphatic heterocycles. The Balaban J connectivity index is 1.51. The van der Waals surface area contributed by atoms with E-state index in [0.29, 0.717) is 56.2 Å². The number of methoxy groups -OCH3 is 1. The summed E-state index contributed by atoms with van der Waals surface area (Å²) < 4.78 is 76.6. The topological polar surface area (TPSA) is 67.9 Å². The average Bonchev–Trinajstić information content (AvgIpc) is 3.10. The standard InChI is InChI=1S/C32H41F5N2O4S/c1-5-43-31-28(32(41)38-16-17-42-4)15-11-24-8-6-22(3)39(20-29(24)31)19-23-7-14-27(21(2)18-23)30(40)25-9-12-26(13-10-25)44(33,34,35,36)37/h8-13,15,20-23,27H,5-7,14,16-19H2,1-4H3,(H,38,41). The van der Waals surface area contributed by atoms with Gasteiger partial charge in [-0.05, 0) is 86.9 Å². The van der Waals surface area contributed by atoms with Gasteiger partial charge in [-0.2, -0.15) is 0 Å². The van der Waals surface area contributed by atoms with Gasteiger partial charge in [0.2, 0.25) is 0 Å². The highest BCUT2D eigenvalue weighted by molar-refractivity contribution is 8.45. The van der Waals surface area contributed by atoms with E-state index >= 15 is 0 Å². The molecule has 244 valence electrons. The van der Waals surface area contributed by atoms with Crippen molar-refractivity contribution in [1.82, 2.24) is 10.2 Å². The summed E-state index contributed by atoms with van der Waals surface area (Å²) in [5, 5.41) is 4.68. The Morgan fingerprint density at radius 3 is 2.34 bits per heavy atom. The number of carbonyl (C=O) groups excluding carboxylic acids is 2. The Labute approximate surface area is 255 Å². The van der Waals surface area contributed by atoms with Crippen LogP contribution in [0.4, 0.5) is 19.4 Å². The van der Waals surface area contributed by atoms with Crippen molar-refractivity contribution >= 4 is 34.2 Å². The Morgan fingerprint density at radius 1 is 1.02 bits per heavy atom. The van der Waals surface area contributed by atoms with Crippen molar-refractivity contribution < 1.29 is 38.5 Å². The maximum Gasteiger partial charge on any atom is 0.310 e. The van der Waals surface area contributed by atoms with E-state index in [2.05, 4.69) is 29.4 Å². The lowest BCUT2D eigenvalue weighted by molar-refractivity contribution is 0.0780. The number of Topliss-reactive ketones (excluding diaryl/α,β-unsaturated/α-hetero) is 1. The monoisotopic (exact) mass is 644 g/mol. The predicted octanol–water partition coefficient (Wildman–Crippen LogP) is 6.67. The van der Waals surface area contributed by atoms with E-state index < -0.39 is 21.0 Å². The fraction of sp³-hybridized carbons (Fsp3) is 0.500. The van der Waals surface area contributed by atoms with Crippen LogP contribution >= 0.6 is 10.2 Å². The molecule has 4 unspecified atom stereocenters. The number of nitrogens with one attached hydrogen (secondary N) is 1. The van der Waals surface area contributed by atoms with Gasteiger partial charge in [-0.25, -0.2) is 0 Å². The molecule has 4 atom stereocenters. The number of ketones is 1. The molecule has 0 aromatic heterocycles. The number of benzene rings is 2. The predicted molar refractivity (Wildman–Crippen MR) is 163 cm³/mol. The molecule has 0 radical (unpaired) electrons. The molecule has 1 saturated carbocycles. The van der Waals surface area contributed by atoms with Crippen molar-refractivity contribution in [3.05, 3.63) is 58.0 Å². The van der Waals surface area contributed by atoms with Crippen LogP contribution in [0.5, 0.6) is 5.75 Å². The van der Waals surface area contributed by atoms with Crippen LogP contribution in [0.1, 0.15) is 67.2 Å². The van der Waals surface area contributed by atoms with Crippen LogP contribution in [0.2, 0.25) is 0 Å². The number of carbonyl (C=O) groups is 2. The lowest BCUT2D eigenvalue weighted by Crippen LogP contribution is -2.38. The van der Waals surface area contributed by atoms with E-state index in [9.17, 15) is 29.0 Å². The molecule has 0 spiro atoms. The van der Waals surface area contributed by atoms with Crippen LogP contribution in [0.15, 0.2) is 41.3 Å². The van der Waals surface area contributed by atoms with Gasteiger partial charge in [0.1, 0.15) is 10.6 Å². The van der Waals surface area contributed by atoms with E-state index in [0.717, 1.165) is 41.8 Å². The van der Waals surface area contributed by atoms with Gasteiger partial charge in [-0.1, -0.05) is 38.5 Å². The van der Waals surface area contributed by atoms with Crippen LogP contribution in [0, 0.1) is 17.8 Å². The van der Waals surface area contributed by atoms with Gasteiger partial charge in [-0.3, -0.25) is 9.59 Å². The van der Waals surface area contributed by atoms with Crippen LogP contribution < -0.4 is 20.5 Å². The maximum atomic E-state index is 13.2. The largest absolute Gasteiger partial charge is 0.492 e. The van der Waals surface area contributed by atoms with Gasteiger partial charge in [0.05, 0.1) is 18.8 Å². The van der Waals surface area contributed by atoms with Gasteiger partial charge in [0.25, 0.3) is 5.91 Å². The van der Waals surface area contributed by atoms with E-state index in [-0.39, 0.29) is 35.1 Å². The lowest BCUT2D eigenvalue weighted by atomic mass is 9.72. The Kier molecular flexibility index (Phi) is 9.47. The van der Waals surface area contributed by atoms with E-state index in [1.165, 1.54) is 0 Å². The van der Waals surface area contributed by atoms with Crippen molar-refractivity contribution in [1.29, 1.82) is 0 Å². The minimum absolute atomic E-state index is 0.0121. The number of fused-ring (bicyclic) bond motifs is 1. The Bertz CT molecular complexity index is 1500. The molecule has 2 aromatic rings. The van der Waals surface area contributed by atoms with Crippen molar-refractivity contribution in [2.75, 3.05) is 33.4 Å². The zero-order valence-corrected chi connectivity index (χ0v) is 26.3. The Morgan fingerprint density at radius 2 is 1.73 bits per heavy atom. The fourth-order valence-corrected chi connectivity index (χ4v) is 6.83. The summed E-state index contributed by atoms with van der Waals surface area (Å²) in [5.74, 6) is -0.236. The van der Waals surface area contributed by atoms with Gasteiger partial charge >= 0.3 is 10.2 Å². The summed E-state index contributed by atoms with van der Waals surface area (Å²) in [5.41, 5.74) is 0.458. The number of rotatable bonds is 11. The first kappa shape index (κ1) is 33.8. The first-order chi connectivity index (χ1) is 20.5. The van der Waals surface area contributed by atoms with Crippen LogP contribution in [0.3, 0.4) is 0 Å². The molecule has 0 bridgehead atoms. The number of halogens is 5. The molecule has 2 aliphatic rings. The molecule has 0 saturated heterocycles. The summed E-state index contributed by atoms with van der Waals surface area (Å²) in [4.78, 5) is 26.4. The van der Waals surface area contributed by atoms with Crippen LogP contribution in [0.25, 0.3) is 12.3 Å². The number of hydrogen-bond donors (Lipinski definition) is 1. The first-order valence-electron chi connectivity index (χ1n) is 14.9. The van der Waals surface area contributed by atoms with Gasteiger partial charge < -0.3 is 19.7 Å². The summed E-state index contributed by atoms with van der Waals surface area (Å²) >= 11 is 0. The number of nitrogens with zero attached hydrogens (tertiary/aromatic N) is 1. The Hall–Kier alpha value is -3.12. The molecule has 2 aromatic carbocycles. The highest BCUT2D eigenvalue weighted by Crippen LogP contribution is 3.02. The smallest absolute Gasteiger partial charge is 0.310 e. The molecule has 1 amide bonds. The summed E-state index contributed by atoms with van der Waals surface area (Å²) in [7, 11) is -8.23. The normalized spacial score (nSPS) is 23.6. The lowest BCUT2D eigenvalue weighted by Gasteiger charge is -2.40. The maximum absolute atomic E-state index is 13.2. The van der Waals surface area contributed by atoms with Crippen LogP contribution in [-0.2, 0) is 4.74 Å². The highest BCUT2D eigenvalue weighted by Gasteiger charge is 2.65. The molecular formula is C32H41F5N2O4S. The molecule has 12 heteroatoms. The number of amides is 1. The fourth-order valence-electron chi connectivity index (χ4n) is 6.18. The third-order valence-corrected chi connectivity index (χ3v) is 9.73. The molecule has 4 rings (SSSR count). The van der Waals surface area contributed by atoms with Crippen molar-refractivity contribution in [2.24, 2.45) is 17.8 Å². The second-order valence-electron chi connectivity index (χ2n) is 11.9. The molecular weight excluding hydrogens is 603 g/mol. The average molecular weight is 645 g/mol. The van der Waals surface area contributed by atoms with Crippen molar-refractivity contribution in [3.63, 3.8) is 0 Å². The molecule has 6 nitrogen and oxygen atoms in total. The number of hydrogen-bond acceptors (Lipinski definition) is 5. The van der Waals surface area contributed by atoms with E-state index in [1.807, 2.05) is 19.9 Å². The summed E-state index contributed by atoms with van der Waals surface area (Å²) in [6.45, 7) is 7.82. The molecule has 1 heterocycles. The summed E-state index contributed by atoms with van der Waals surface area (Å²) in [6, 6.07) is 6.21. The van der Waals surface area contributed by atoms with Crippen molar-refractivity contribution in [2.45, 2.75) is 57.4 Å². The highest BCUT2D eigenvalue weighted by atomic mass is 32.5. The molecule has 1 fully saturated rings. The third-order valence-electron chi connectivity index (χ3n) is 8.56. The minimum atomic E-state index is -9.80. The zero-order chi connectivity index (χ0) is 32.3. The van der Waals surface area contributed by atoms with Crippen LogP contribution in [-0.4, -0.2) is 56.0 Å². The molecule has 44 heavy (non-hydrogen) atoms. The van der Waals surface area contributed by atoms with Gasteiger partial charge in [-0.15, -0.1) is 0 Å². The van der Waals surface area contributed by atoms with Crippen molar-refractivity contribution in [3.8, 4) is 5.75 Å². The van der Waals surface area contributed by atoms with E-state index in [4.69, 9.17) is 9.47 Å². The molecule has 1 aliphatic carbocycles. The van der Waals surface area contributed by atoms with Gasteiger partial charge in [0, 0.05) is 49.1 Å². The SMILES string of the molecule is CCOc1c(C(=O)NCCOC)ccc2c1=CN(CC1CCC(C(=O)c3ccc(S(F)(F)(F)(F)F)cc3)C(C)C1)C(C)CC=2. The first-order valence-corrected chi connectivity index (χ1v) is 16.9. The summed E-state index contributed by atoms with van der Waals surface area (Å²) in [6.07, 6.45) is 7.00. The molecule has 1 N–H and O–H groups in total. The van der Waals surface area contributed by atoms with Gasteiger partial charge in [0.15, 0.2) is 5.78 Å². The third kappa shape index (κ3) is 7.93. The van der Waals surface area contributed by atoms with E-state index in [1.54, 1.807) is 13.2 Å². The second kappa shape index (κ2) is 12.3. The number of ether oxygens (including phenoxy) is 2. The minimum Gasteiger partial charge on any atom is -0.492 e. The second-order valence-corrected chi connectivity index (χ2v) is 14.3. The zero-order valence-electron chi connectivity index (χ0n) is 25.5. The quantitative estimate of drug-likeness (QED) is 0.168.